The van der Waals surface area contributed by atoms with E-state index in [2.05, 4.69) is 25.9 Å². The second-order valence-corrected chi connectivity index (χ2v) is 6.39. The highest BCUT2D eigenvalue weighted by Crippen LogP contribution is 2.27. The lowest BCUT2D eigenvalue weighted by molar-refractivity contribution is -0.141. The Morgan fingerprint density at radius 3 is 2.40 bits per heavy atom. The number of amides is 2. The van der Waals surface area contributed by atoms with Crippen LogP contribution in [0.3, 0.4) is 0 Å². The first-order chi connectivity index (χ1) is 14.1. The molecule has 0 aliphatic heterocycles. The van der Waals surface area contributed by atoms with Crippen molar-refractivity contribution in [3.63, 3.8) is 0 Å². The summed E-state index contributed by atoms with van der Waals surface area (Å²) in [6.45, 7) is 3.45. The molecule has 2 N–H and O–H groups in total. The Hall–Kier alpha value is -3.64. The zero-order valence-electron chi connectivity index (χ0n) is 16.4. The molecule has 0 radical (unpaired) electrons. The van der Waals surface area contributed by atoms with Crippen molar-refractivity contribution in [3.8, 4) is 0 Å². The normalized spacial score (nSPS) is 11.5. The van der Waals surface area contributed by atoms with Gasteiger partial charge in [-0.1, -0.05) is 0 Å². The number of halogens is 3. The molecule has 3 heterocycles. The monoisotopic (exact) mass is 424 g/mol. The van der Waals surface area contributed by atoms with Crippen LogP contribution in [-0.4, -0.2) is 41.2 Å². The third kappa shape index (κ3) is 4.34. The van der Waals surface area contributed by atoms with Gasteiger partial charge >= 0.3 is 6.18 Å². The number of aromatic nitrogens is 6. The van der Waals surface area contributed by atoms with E-state index in [0.29, 0.717) is 12.2 Å². The predicted molar refractivity (Wildman–Crippen MR) is 99.7 cm³/mol. The summed E-state index contributed by atoms with van der Waals surface area (Å²) >= 11 is 0. The number of rotatable bonds is 6. The van der Waals surface area contributed by atoms with Crippen molar-refractivity contribution in [3.05, 3.63) is 41.7 Å². The number of nitrogens with zero attached hydrogens (tertiary/aromatic N) is 6. The highest BCUT2D eigenvalue weighted by Gasteiger charge is 2.33. The molecule has 0 unspecified atom stereocenters. The molecule has 0 bridgehead atoms. The quantitative estimate of drug-likeness (QED) is 0.629. The van der Waals surface area contributed by atoms with Crippen molar-refractivity contribution in [2.24, 2.45) is 7.05 Å². The number of anilines is 2. The summed E-state index contributed by atoms with van der Waals surface area (Å²) in [6.07, 6.45) is -0.749. The number of alkyl halides is 3. The molecule has 0 fully saturated rings. The number of nitrogens with one attached hydrogen (secondary N) is 2. The average Bonchev–Trinajstić information content (AvgIpc) is 3.37. The van der Waals surface area contributed by atoms with Crippen LogP contribution in [0.25, 0.3) is 0 Å². The van der Waals surface area contributed by atoms with Crippen LogP contribution in [0.4, 0.5) is 24.5 Å². The Morgan fingerprint density at radius 2 is 1.83 bits per heavy atom. The Labute approximate surface area is 168 Å². The molecule has 30 heavy (non-hydrogen) atoms. The van der Waals surface area contributed by atoms with E-state index >= 15 is 0 Å². The van der Waals surface area contributed by atoms with E-state index in [1.165, 1.54) is 17.1 Å². The van der Waals surface area contributed by atoms with Gasteiger partial charge in [-0.15, -0.1) is 0 Å². The molecule has 3 aromatic rings. The summed E-state index contributed by atoms with van der Waals surface area (Å²) < 4.78 is 41.8. The van der Waals surface area contributed by atoms with E-state index in [9.17, 15) is 22.8 Å². The second-order valence-electron chi connectivity index (χ2n) is 6.39. The molecule has 0 saturated carbocycles. The summed E-state index contributed by atoms with van der Waals surface area (Å²) in [5.74, 6) is -1.17. The molecule has 0 aliphatic rings. The van der Waals surface area contributed by atoms with Gasteiger partial charge in [-0.2, -0.15) is 28.5 Å². The van der Waals surface area contributed by atoms with Crippen molar-refractivity contribution in [1.82, 2.24) is 29.3 Å². The van der Waals surface area contributed by atoms with Crippen molar-refractivity contribution < 1.29 is 22.8 Å². The maximum atomic E-state index is 12.8. The van der Waals surface area contributed by atoms with Crippen molar-refractivity contribution in [1.29, 1.82) is 0 Å². The molecule has 2 amide bonds. The maximum Gasteiger partial charge on any atom is 0.435 e. The summed E-state index contributed by atoms with van der Waals surface area (Å²) in [4.78, 5) is 25.1. The summed E-state index contributed by atoms with van der Waals surface area (Å²) in [7, 11) is 1.73. The van der Waals surface area contributed by atoms with E-state index in [0.717, 1.165) is 22.6 Å². The van der Waals surface area contributed by atoms with Crippen LogP contribution < -0.4 is 10.6 Å². The highest BCUT2D eigenvalue weighted by molar-refractivity contribution is 6.09. The van der Waals surface area contributed by atoms with Gasteiger partial charge in [-0.25, -0.2) is 0 Å². The van der Waals surface area contributed by atoms with Crippen LogP contribution in [0.5, 0.6) is 0 Å². The Kier molecular flexibility index (Phi) is 5.62. The molecule has 160 valence electrons. The van der Waals surface area contributed by atoms with Gasteiger partial charge in [0.1, 0.15) is 12.2 Å². The number of carbonyl (C=O) groups is 2. The fourth-order valence-corrected chi connectivity index (χ4v) is 2.70. The number of hydrogen-bond donors (Lipinski definition) is 2. The molecule has 0 saturated heterocycles. The Bertz CT molecular complexity index is 1080. The molecule has 3 rings (SSSR count). The molecular formula is C17H19F3N8O2. The first-order valence-corrected chi connectivity index (χ1v) is 8.86. The molecule has 3 aromatic heterocycles. The largest absolute Gasteiger partial charge is 0.435 e. The van der Waals surface area contributed by atoms with E-state index in [1.807, 2.05) is 0 Å². The maximum absolute atomic E-state index is 12.8. The zero-order valence-corrected chi connectivity index (χ0v) is 16.4. The molecular weight excluding hydrogens is 405 g/mol. The van der Waals surface area contributed by atoms with E-state index < -0.39 is 30.2 Å². The lowest BCUT2D eigenvalue weighted by Gasteiger charge is -2.10. The smallest absolute Gasteiger partial charge is 0.321 e. The molecule has 0 spiro atoms. The number of aryl methyl sites for hydroxylation is 2. The van der Waals surface area contributed by atoms with E-state index in [-0.39, 0.29) is 11.4 Å². The van der Waals surface area contributed by atoms with Crippen LogP contribution in [0.1, 0.15) is 28.8 Å². The van der Waals surface area contributed by atoms with Crippen LogP contribution >= 0.6 is 0 Å². The summed E-state index contributed by atoms with van der Waals surface area (Å²) in [5.41, 5.74) is 0.367. The van der Waals surface area contributed by atoms with Gasteiger partial charge in [0, 0.05) is 19.8 Å². The lowest BCUT2D eigenvalue weighted by atomic mass is 10.3. The Morgan fingerprint density at radius 1 is 1.13 bits per heavy atom. The van der Waals surface area contributed by atoms with Crippen molar-refractivity contribution >= 4 is 23.2 Å². The highest BCUT2D eigenvalue weighted by atomic mass is 19.4. The van der Waals surface area contributed by atoms with Gasteiger partial charge in [0.15, 0.2) is 5.69 Å². The van der Waals surface area contributed by atoms with Gasteiger partial charge in [0.2, 0.25) is 5.91 Å². The minimum Gasteiger partial charge on any atom is -0.321 e. The minimum absolute atomic E-state index is 0.102. The Balaban J connectivity index is 1.75. The molecule has 13 heteroatoms. The third-order valence-corrected chi connectivity index (χ3v) is 4.35. The predicted octanol–water partition coefficient (Wildman–Crippen LogP) is 2.05. The van der Waals surface area contributed by atoms with Crippen LogP contribution in [0.2, 0.25) is 0 Å². The van der Waals surface area contributed by atoms with Gasteiger partial charge < -0.3 is 10.6 Å². The van der Waals surface area contributed by atoms with E-state index in [4.69, 9.17) is 0 Å². The summed E-state index contributed by atoms with van der Waals surface area (Å²) in [6, 6.07) is 0.775. The number of carbonyl (C=O) groups excluding carboxylic acids is 2. The molecule has 0 aromatic carbocycles. The zero-order chi connectivity index (χ0) is 22.1. The first kappa shape index (κ1) is 21.1. The van der Waals surface area contributed by atoms with Gasteiger partial charge in [0.25, 0.3) is 5.91 Å². The van der Waals surface area contributed by atoms with Gasteiger partial charge in [0.05, 0.1) is 29.5 Å². The molecule has 0 atom stereocenters. The van der Waals surface area contributed by atoms with Gasteiger partial charge in [-0.05, 0) is 19.9 Å². The standard InChI is InChI=1S/C17H19F3N8O2/c1-4-28-15(16(30)24-11-7-21-26(3)10(11)2)12(8-22-28)23-14(29)9-27-6-5-13(25-27)17(18,19)20/h5-8H,4,9H2,1-3H3,(H,23,29)(H,24,30). The number of hydrogen-bond acceptors (Lipinski definition) is 5. The minimum atomic E-state index is -4.60. The van der Waals surface area contributed by atoms with E-state index in [1.54, 1.807) is 25.6 Å². The topological polar surface area (TPSA) is 112 Å². The lowest BCUT2D eigenvalue weighted by Crippen LogP contribution is -2.23. The fraction of sp³-hybridized carbons (Fsp3) is 0.353. The molecule has 10 nitrogen and oxygen atoms in total. The molecule has 0 aliphatic carbocycles. The van der Waals surface area contributed by atoms with Crippen LogP contribution in [-0.2, 0) is 31.1 Å². The van der Waals surface area contributed by atoms with Crippen molar-refractivity contribution in [2.45, 2.75) is 33.1 Å². The fourth-order valence-electron chi connectivity index (χ4n) is 2.70. The van der Waals surface area contributed by atoms with Gasteiger partial charge in [-0.3, -0.25) is 23.6 Å². The van der Waals surface area contributed by atoms with Crippen LogP contribution in [0, 0.1) is 6.92 Å². The third-order valence-electron chi connectivity index (χ3n) is 4.35. The SMILES string of the molecule is CCn1ncc(NC(=O)Cn2ccc(C(F)(F)F)n2)c1C(=O)Nc1cnn(C)c1C. The second kappa shape index (κ2) is 8.00. The van der Waals surface area contributed by atoms with Crippen molar-refractivity contribution in [2.75, 3.05) is 10.6 Å². The first-order valence-electron chi connectivity index (χ1n) is 8.86. The van der Waals surface area contributed by atoms with Crippen LogP contribution in [0.15, 0.2) is 24.7 Å². The summed E-state index contributed by atoms with van der Waals surface area (Å²) in [5, 5.41) is 16.7. The average molecular weight is 424 g/mol.